The second kappa shape index (κ2) is 4.18. The van der Waals surface area contributed by atoms with Crippen LogP contribution >= 0.6 is 0 Å². The van der Waals surface area contributed by atoms with Crippen molar-refractivity contribution in [1.82, 2.24) is 9.97 Å². The standard InChI is InChI=1S/C12H12N2O3/c1-15-12-13-5-8-2-3-9(4-11(8)14-12)16-6-10-7-17-10/h2-5,10H,6-7H2,1H3/t10-/m1/s1. The first-order chi connectivity index (χ1) is 8.35. The highest BCUT2D eigenvalue weighted by Crippen LogP contribution is 2.21. The quantitative estimate of drug-likeness (QED) is 0.746. The van der Waals surface area contributed by atoms with Crippen molar-refractivity contribution >= 4 is 10.9 Å². The normalized spacial score (nSPS) is 18.1. The number of aromatic nitrogens is 2. The maximum atomic E-state index is 5.59. The van der Waals surface area contributed by atoms with Crippen molar-refractivity contribution in [1.29, 1.82) is 0 Å². The van der Waals surface area contributed by atoms with Gasteiger partial charge in [-0.1, -0.05) is 0 Å². The molecule has 17 heavy (non-hydrogen) atoms. The van der Waals surface area contributed by atoms with Crippen LogP contribution < -0.4 is 9.47 Å². The van der Waals surface area contributed by atoms with Crippen molar-refractivity contribution in [2.24, 2.45) is 0 Å². The predicted molar refractivity (Wildman–Crippen MR) is 61.3 cm³/mol. The van der Waals surface area contributed by atoms with E-state index >= 15 is 0 Å². The van der Waals surface area contributed by atoms with Gasteiger partial charge in [0, 0.05) is 17.6 Å². The van der Waals surface area contributed by atoms with Gasteiger partial charge in [0.25, 0.3) is 0 Å². The molecule has 88 valence electrons. The topological polar surface area (TPSA) is 56.8 Å². The van der Waals surface area contributed by atoms with Gasteiger partial charge >= 0.3 is 6.01 Å². The van der Waals surface area contributed by atoms with Gasteiger partial charge in [0.05, 0.1) is 19.2 Å². The smallest absolute Gasteiger partial charge is 0.316 e. The number of hydrogen-bond acceptors (Lipinski definition) is 5. The first-order valence-corrected chi connectivity index (χ1v) is 5.40. The largest absolute Gasteiger partial charge is 0.491 e. The van der Waals surface area contributed by atoms with Gasteiger partial charge in [-0.15, -0.1) is 0 Å². The van der Waals surface area contributed by atoms with Crippen LogP contribution in [0.15, 0.2) is 24.4 Å². The molecule has 1 aliphatic rings. The molecule has 0 bridgehead atoms. The molecule has 0 spiro atoms. The van der Waals surface area contributed by atoms with Gasteiger partial charge in [0.1, 0.15) is 18.5 Å². The first kappa shape index (κ1) is 10.3. The number of fused-ring (bicyclic) bond motifs is 1. The van der Waals surface area contributed by atoms with Gasteiger partial charge in [0.2, 0.25) is 0 Å². The number of hydrogen-bond donors (Lipinski definition) is 0. The highest BCUT2D eigenvalue weighted by atomic mass is 16.6. The zero-order valence-corrected chi connectivity index (χ0v) is 9.42. The second-order valence-electron chi connectivity index (χ2n) is 3.84. The average Bonchev–Trinajstić information content (AvgIpc) is 3.19. The monoisotopic (exact) mass is 232 g/mol. The van der Waals surface area contributed by atoms with Gasteiger partial charge < -0.3 is 14.2 Å². The number of methoxy groups -OCH3 is 1. The number of ether oxygens (including phenoxy) is 3. The molecule has 1 aromatic carbocycles. The summed E-state index contributed by atoms with van der Waals surface area (Å²) in [6.45, 7) is 1.39. The summed E-state index contributed by atoms with van der Waals surface area (Å²) in [5, 5.41) is 0.959. The van der Waals surface area contributed by atoms with Crippen LogP contribution in [0.2, 0.25) is 0 Å². The van der Waals surface area contributed by atoms with Crippen molar-refractivity contribution < 1.29 is 14.2 Å². The van der Waals surface area contributed by atoms with Crippen molar-refractivity contribution in [3.63, 3.8) is 0 Å². The SMILES string of the molecule is COc1ncc2ccc(OC[C@@H]3CO3)cc2n1. The van der Waals surface area contributed by atoms with Crippen molar-refractivity contribution in [2.75, 3.05) is 20.3 Å². The lowest BCUT2D eigenvalue weighted by molar-refractivity contribution is 0.263. The van der Waals surface area contributed by atoms with Crippen molar-refractivity contribution in [2.45, 2.75) is 6.10 Å². The molecule has 2 heterocycles. The maximum Gasteiger partial charge on any atom is 0.316 e. The van der Waals surface area contributed by atoms with Gasteiger partial charge in [0.15, 0.2) is 0 Å². The Morgan fingerprint density at radius 2 is 2.35 bits per heavy atom. The lowest BCUT2D eigenvalue weighted by Gasteiger charge is -2.05. The molecule has 3 rings (SSSR count). The molecule has 0 saturated carbocycles. The molecule has 2 aromatic rings. The third-order valence-electron chi connectivity index (χ3n) is 2.55. The molecule has 0 unspecified atom stereocenters. The van der Waals surface area contributed by atoms with Crippen molar-refractivity contribution in [3.8, 4) is 11.8 Å². The molecule has 1 aliphatic heterocycles. The third kappa shape index (κ3) is 2.29. The minimum absolute atomic E-state index is 0.255. The maximum absolute atomic E-state index is 5.59. The molecule has 0 aliphatic carbocycles. The summed E-state index contributed by atoms with van der Waals surface area (Å²) >= 11 is 0. The van der Waals surface area contributed by atoms with E-state index in [1.807, 2.05) is 18.2 Å². The Labute approximate surface area is 98.3 Å². The minimum atomic E-state index is 0.255. The van der Waals surface area contributed by atoms with E-state index in [9.17, 15) is 0 Å². The Morgan fingerprint density at radius 3 is 3.12 bits per heavy atom. The van der Waals surface area contributed by atoms with Gasteiger partial charge in [-0.2, -0.15) is 4.98 Å². The lowest BCUT2D eigenvalue weighted by atomic mass is 10.2. The van der Waals surface area contributed by atoms with Crippen LogP contribution in [0.1, 0.15) is 0 Å². The Bertz CT molecular complexity index is 540. The van der Waals surface area contributed by atoms with Crippen LogP contribution in [-0.4, -0.2) is 36.4 Å². The predicted octanol–water partition coefficient (Wildman–Crippen LogP) is 1.42. The van der Waals surface area contributed by atoms with Gasteiger partial charge in [-0.3, -0.25) is 0 Å². The molecule has 5 heteroatoms. The van der Waals surface area contributed by atoms with E-state index in [0.717, 1.165) is 23.3 Å². The zero-order valence-electron chi connectivity index (χ0n) is 9.42. The van der Waals surface area contributed by atoms with Crippen LogP contribution in [0, 0.1) is 0 Å². The summed E-state index contributed by atoms with van der Waals surface area (Å²) in [4.78, 5) is 8.30. The van der Waals surface area contributed by atoms with Gasteiger partial charge in [-0.05, 0) is 12.1 Å². The third-order valence-corrected chi connectivity index (χ3v) is 2.55. The molecule has 1 atom stereocenters. The Morgan fingerprint density at radius 1 is 1.47 bits per heavy atom. The van der Waals surface area contributed by atoms with E-state index in [-0.39, 0.29) is 6.10 Å². The minimum Gasteiger partial charge on any atom is -0.491 e. The fourth-order valence-corrected chi connectivity index (χ4v) is 1.53. The Kier molecular flexibility index (Phi) is 2.53. The molecule has 0 N–H and O–H groups in total. The molecule has 1 aromatic heterocycles. The molecule has 0 radical (unpaired) electrons. The molecular formula is C12H12N2O3. The number of epoxide rings is 1. The fraction of sp³-hybridized carbons (Fsp3) is 0.333. The molecule has 1 saturated heterocycles. The number of rotatable bonds is 4. The molecule has 5 nitrogen and oxygen atoms in total. The van der Waals surface area contributed by atoms with Gasteiger partial charge in [-0.25, -0.2) is 4.98 Å². The lowest BCUT2D eigenvalue weighted by Crippen LogP contribution is -2.03. The van der Waals surface area contributed by atoms with E-state index in [1.165, 1.54) is 0 Å². The van der Waals surface area contributed by atoms with E-state index in [0.29, 0.717) is 12.6 Å². The van der Waals surface area contributed by atoms with E-state index in [2.05, 4.69) is 9.97 Å². The summed E-state index contributed by atoms with van der Waals surface area (Å²) in [6.07, 6.45) is 1.99. The summed E-state index contributed by atoms with van der Waals surface area (Å²) in [5.41, 5.74) is 0.811. The van der Waals surface area contributed by atoms with Crippen molar-refractivity contribution in [3.05, 3.63) is 24.4 Å². The summed E-state index contributed by atoms with van der Waals surface area (Å²) in [7, 11) is 1.55. The van der Waals surface area contributed by atoms with Crippen LogP contribution in [0.3, 0.4) is 0 Å². The molecule has 1 fully saturated rings. The van der Waals surface area contributed by atoms with E-state index in [4.69, 9.17) is 14.2 Å². The second-order valence-corrected chi connectivity index (χ2v) is 3.84. The molecule has 0 amide bonds. The summed E-state index contributed by atoms with van der Waals surface area (Å²) < 4.78 is 15.7. The highest BCUT2D eigenvalue weighted by molar-refractivity contribution is 5.79. The fourth-order valence-electron chi connectivity index (χ4n) is 1.53. The van der Waals surface area contributed by atoms with Crippen LogP contribution in [0.4, 0.5) is 0 Å². The number of benzene rings is 1. The summed E-state index contributed by atoms with van der Waals surface area (Å²) in [6, 6.07) is 6.07. The van der Waals surface area contributed by atoms with Crippen LogP contribution in [0.5, 0.6) is 11.8 Å². The average molecular weight is 232 g/mol. The zero-order chi connectivity index (χ0) is 11.7. The van der Waals surface area contributed by atoms with E-state index in [1.54, 1.807) is 13.3 Å². The molecular weight excluding hydrogens is 220 g/mol. The van der Waals surface area contributed by atoms with E-state index < -0.39 is 0 Å². The Balaban J connectivity index is 1.86. The Hall–Kier alpha value is -1.88. The first-order valence-electron chi connectivity index (χ1n) is 5.40. The summed E-state index contributed by atoms with van der Waals surface area (Å²) in [5.74, 6) is 0.786. The van der Waals surface area contributed by atoms with Crippen LogP contribution in [0.25, 0.3) is 10.9 Å². The highest BCUT2D eigenvalue weighted by Gasteiger charge is 2.23. The number of nitrogens with zero attached hydrogens (tertiary/aromatic N) is 2. The van der Waals surface area contributed by atoms with Crippen LogP contribution in [-0.2, 0) is 4.74 Å².